The van der Waals surface area contributed by atoms with E-state index in [2.05, 4.69) is 22.6 Å². The van der Waals surface area contributed by atoms with Crippen molar-refractivity contribution in [3.8, 4) is 11.3 Å². The normalized spacial score (nSPS) is 19.1. The molecule has 0 amide bonds. The number of furan rings is 1. The van der Waals surface area contributed by atoms with Crippen LogP contribution in [-0.4, -0.2) is 5.11 Å². The number of aliphatic hydroxyl groups excluding tert-OH is 1. The summed E-state index contributed by atoms with van der Waals surface area (Å²) in [4.78, 5) is 0. The molecule has 0 radical (unpaired) electrons. The van der Waals surface area contributed by atoms with Gasteiger partial charge in [0, 0.05) is 17.5 Å². The lowest BCUT2D eigenvalue weighted by molar-refractivity contribution is 0.152. The van der Waals surface area contributed by atoms with Gasteiger partial charge in [0.2, 0.25) is 0 Å². The topological polar surface area (TPSA) is 33.4 Å². The van der Waals surface area contributed by atoms with Gasteiger partial charge in [0.05, 0.1) is 9.67 Å². The van der Waals surface area contributed by atoms with Crippen molar-refractivity contribution in [2.45, 2.75) is 25.4 Å². The quantitative estimate of drug-likeness (QED) is 0.799. The van der Waals surface area contributed by atoms with Crippen molar-refractivity contribution >= 4 is 22.6 Å². The minimum atomic E-state index is -0.355. The lowest BCUT2D eigenvalue weighted by Crippen LogP contribution is -2.07. The van der Waals surface area contributed by atoms with Crippen LogP contribution in [0.5, 0.6) is 0 Å². The molecule has 0 bridgehead atoms. The summed E-state index contributed by atoms with van der Waals surface area (Å²) in [6.07, 6.45) is 2.43. The third-order valence-electron chi connectivity index (χ3n) is 3.21. The molecule has 1 aromatic carbocycles. The van der Waals surface area contributed by atoms with Gasteiger partial charge in [-0.3, -0.25) is 0 Å². The average Bonchev–Trinajstić information content (AvgIpc) is 2.69. The number of hydrogen-bond donors (Lipinski definition) is 1. The maximum absolute atomic E-state index is 10.0. The first-order valence-corrected chi connectivity index (χ1v) is 6.90. The molecule has 0 spiro atoms. The van der Waals surface area contributed by atoms with Gasteiger partial charge in [-0.05, 0) is 35.4 Å². The van der Waals surface area contributed by atoms with E-state index in [9.17, 15) is 5.11 Å². The molecule has 1 aliphatic carbocycles. The summed E-state index contributed by atoms with van der Waals surface area (Å²) in [5, 5.41) is 10.0. The molecule has 1 unspecified atom stereocenters. The van der Waals surface area contributed by atoms with Gasteiger partial charge in [0.1, 0.15) is 11.5 Å². The SMILES string of the molecule is OC1CCCc2oc(-c3ccccc3)c(I)c21. The summed E-state index contributed by atoms with van der Waals surface area (Å²) >= 11 is 2.28. The number of halogens is 1. The second-order valence-electron chi connectivity index (χ2n) is 4.36. The largest absolute Gasteiger partial charge is 0.460 e. The Labute approximate surface area is 114 Å². The molecule has 0 aliphatic heterocycles. The monoisotopic (exact) mass is 340 g/mol. The van der Waals surface area contributed by atoms with Crippen LogP contribution < -0.4 is 0 Å². The van der Waals surface area contributed by atoms with Gasteiger partial charge in [0.15, 0.2) is 0 Å². The zero-order chi connectivity index (χ0) is 11.8. The van der Waals surface area contributed by atoms with Gasteiger partial charge >= 0.3 is 0 Å². The summed E-state index contributed by atoms with van der Waals surface area (Å²) in [6.45, 7) is 0. The molecular weight excluding hydrogens is 327 g/mol. The van der Waals surface area contributed by atoms with Crippen LogP contribution in [0, 0.1) is 3.57 Å². The number of fused-ring (bicyclic) bond motifs is 1. The minimum Gasteiger partial charge on any atom is -0.460 e. The Bertz CT molecular complexity index is 531. The molecule has 88 valence electrons. The molecule has 3 rings (SSSR count). The van der Waals surface area contributed by atoms with Crippen LogP contribution >= 0.6 is 22.6 Å². The van der Waals surface area contributed by atoms with Gasteiger partial charge in [-0.25, -0.2) is 0 Å². The van der Waals surface area contributed by atoms with Crippen LogP contribution in [0.1, 0.15) is 30.3 Å². The fraction of sp³-hybridized carbons (Fsp3) is 0.286. The Morgan fingerprint density at radius 2 is 2.00 bits per heavy atom. The van der Waals surface area contributed by atoms with Gasteiger partial charge in [-0.2, -0.15) is 0 Å². The fourth-order valence-electron chi connectivity index (χ4n) is 2.36. The van der Waals surface area contributed by atoms with E-state index < -0.39 is 0 Å². The zero-order valence-electron chi connectivity index (χ0n) is 9.32. The van der Waals surface area contributed by atoms with Gasteiger partial charge in [-0.1, -0.05) is 30.3 Å². The van der Waals surface area contributed by atoms with Crippen LogP contribution in [0.15, 0.2) is 34.7 Å². The maximum Gasteiger partial charge on any atom is 0.147 e. The highest BCUT2D eigenvalue weighted by Gasteiger charge is 2.27. The number of hydrogen-bond acceptors (Lipinski definition) is 2. The molecule has 1 atom stereocenters. The third-order valence-corrected chi connectivity index (χ3v) is 4.28. The van der Waals surface area contributed by atoms with E-state index in [1.807, 2.05) is 30.3 Å². The minimum absolute atomic E-state index is 0.355. The van der Waals surface area contributed by atoms with Gasteiger partial charge < -0.3 is 9.52 Å². The van der Waals surface area contributed by atoms with Crippen LogP contribution in [0.25, 0.3) is 11.3 Å². The molecule has 1 aliphatic rings. The van der Waals surface area contributed by atoms with E-state index in [0.717, 1.165) is 45.5 Å². The van der Waals surface area contributed by atoms with Crippen molar-refractivity contribution in [2.75, 3.05) is 0 Å². The molecule has 17 heavy (non-hydrogen) atoms. The predicted molar refractivity (Wildman–Crippen MR) is 74.8 cm³/mol. The van der Waals surface area contributed by atoms with E-state index >= 15 is 0 Å². The standard InChI is InChI=1S/C14H13IO2/c15-13-12-10(16)7-4-8-11(12)17-14(13)9-5-2-1-3-6-9/h1-3,5-6,10,16H,4,7-8H2. The van der Waals surface area contributed by atoms with Crippen molar-refractivity contribution in [2.24, 2.45) is 0 Å². The summed E-state index contributed by atoms with van der Waals surface area (Å²) in [6, 6.07) is 10.1. The van der Waals surface area contributed by atoms with E-state index in [1.54, 1.807) is 0 Å². The van der Waals surface area contributed by atoms with Crippen LogP contribution in [-0.2, 0) is 6.42 Å². The fourth-order valence-corrected chi connectivity index (χ4v) is 3.44. The van der Waals surface area contributed by atoms with E-state index in [-0.39, 0.29) is 6.10 Å². The molecule has 0 saturated heterocycles. The predicted octanol–water partition coefficient (Wildman–Crippen LogP) is 3.92. The van der Waals surface area contributed by atoms with Crippen molar-refractivity contribution < 1.29 is 9.52 Å². The highest BCUT2D eigenvalue weighted by atomic mass is 127. The van der Waals surface area contributed by atoms with E-state index in [0.29, 0.717) is 0 Å². The Balaban J connectivity index is 2.14. The first-order chi connectivity index (χ1) is 8.27. The van der Waals surface area contributed by atoms with Crippen LogP contribution in [0.4, 0.5) is 0 Å². The average molecular weight is 340 g/mol. The van der Waals surface area contributed by atoms with Crippen molar-refractivity contribution in [1.29, 1.82) is 0 Å². The molecule has 3 heteroatoms. The first kappa shape index (κ1) is 11.3. The summed E-state index contributed by atoms with van der Waals surface area (Å²) in [7, 11) is 0. The zero-order valence-corrected chi connectivity index (χ0v) is 11.5. The van der Waals surface area contributed by atoms with E-state index in [1.165, 1.54) is 0 Å². The van der Waals surface area contributed by atoms with Crippen LogP contribution in [0.3, 0.4) is 0 Å². The molecule has 2 aromatic rings. The number of aliphatic hydroxyl groups is 1. The van der Waals surface area contributed by atoms with Crippen molar-refractivity contribution in [3.05, 3.63) is 45.2 Å². The highest BCUT2D eigenvalue weighted by Crippen LogP contribution is 2.40. The molecule has 1 aromatic heterocycles. The maximum atomic E-state index is 10.0. The Hall–Kier alpha value is -0.810. The molecule has 1 heterocycles. The second-order valence-corrected chi connectivity index (χ2v) is 5.43. The molecule has 1 N–H and O–H groups in total. The number of rotatable bonds is 1. The molecular formula is C14H13IO2. The summed E-state index contributed by atoms with van der Waals surface area (Å²) in [5.41, 5.74) is 2.09. The molecule has 2 nitrogen and oxygen atoms in total. The number of benzene rings is 1. The first-order valence-electron chi connectivity index (χ1n) is 5.82. The Kier molecular flexibility index (Phi) is 2.96. The Morgan fingerprint density at radius 3 is 2.71 bits per heavy atom. The smallest absolute Gasteiger partial charge is 0.147 e. The Morgan fingerprint density at radius 1 is 1.24 bits per heavy atom. The summed E-state index contributed by atoms with van der Waals surface area (Å²) in [5.74, 6) is 1.86. The van der Waals surface area contributed by atoms with Gasteiger partial charge in [-0.15, -0.1) is 0 Å². The summed E-state index contributed by atoms with van der Waals surface area (Å²) < 4.78 is 6.99. The number of aryl methyl sites for hydroxylation is 1. The lowest BCUT2D eigenvalue weighted by atomic mass is 9.95. The molecule has 0 saturated carbocycles. The van der Waals surface area contributed by atoms with E-state index in [4.69, 9.17) is 4.42 Å². The second kappa shape index (κ2) is 4.46. The van der Waals surface area contributed by atoms with Crippen molar-refractivity contribution in [3.63, 3.8) is 0 Å². The third kappa shape index (κ3) is 1.91. The van der Waals surface area contributed by atoms with Gasteiger partial charge in [0.25, 0.3) is 0 Å². The molecule has 0 fully saturated rings. The highest BCUT2D eigenvalue weighted by molar-refractivity contribution is 14.1. The van der Waals surface area contributed by atoms with Crippen LogP contribution in [0.2, 0.25) is 0 Å². The lowest BCUT2D eigenvalue weighted by Gasteiger charge is -2.16. The van der Waals surface area contributed by atoms with Crippen molar-refractivity contribution in [1.82, 2.24) is 0 Å².